The van der Waals surface area contributed by atoms with E-state index in [4.69, 9.17) is 10.9 Å². The monoisotopic (exact) mass is 223 g/mol. The van der Waals surface area contributed by atoms with Crippen LogP contribution in [0.4, 0.5) is 10.5 Å². The lowest BCUT2D eigenvalue weighted by Crippen LogP contribution is -2.46. The summed E-state index contributed by atoms with van der Waals surface area (Å²) in [4.78, 5) is 11.5. The van der Waals surface area contributed by atoms with Gasteiger partial charge in [-0.3, -0.25) is 0 Å². The molecule has 0 aromatic heterocycles. The molecule has 0 aliphatic carbocycles. The molecule has 0 unspecified atom stereocenters. The van der Waals surface area contributed by atoms with Crippen molar-refractivity contribution in [3.05, 3.63) is 29.3 Å². The topological polar surface area (TPSA) is 78.6 Å². The maximum absolute atomic E-state index is 11.5. The van der Waals surface area contributed by atoms with E-state index in [-0.39, 0.29) is 13.2 Å². The van der Waals surface area contributed by atoms with Crippen LogP contribution < -0.4 is 16.2 Å². The number of aliphatic hydroxyl groups is 1. The smallest absolute Gasteiger partial charge is 0.336 e. The Hall–Kier alpha value is -1.59. The van der Waals surface area contributed by atoms with Crippen LogP contribution in [0.15, 0.2) is 18.2 Å². The highest BCUT2D eigenvalue weighted by Crippen LogP contribution is 2.18. The molecule has 0 radical (unpaired) electrons. The van der Waals surface area contributed by atoms with Gasteiger partial charge in [-0.2, -0.15) is 0 Å². The number of hydrazine groups is 1. The van der Waals surface area contributed by atoms with E-state index in [2.05, 4.69) is 5.32 Å². The van der Waals surface area contributed by atoms with E-state index >= 15 is 0 Å². The van der Waals surface area contributed by atoms with Gasteiger partial charge in [-0.25, -0.2) is 15.6 Å². The number of nitrogens with two attached hydrogens (primary N) is 1. The zero-order valence-corrected chi connectivity index (χ0v) is 9.53. The predicted octanol–water partition coefficient (Wildman–Crippen LogP) is 0.685. The highest BCUT2D eigenvalue weighted by atomic mass is 16.3. The fraction of sp³-hybridized carbons (Fsp3) is 0.364. The molecule has 1 rings (SSSR count). The van der Waals surface area contributed by atoms with Crippen molar-refractivity contribution < 1.29 is 9.90 Å². The van der Waals surface area contributed by atoms with Crippen LogP contribution in [0.25, 0.3) is 0 Å². The number of hydrogen-bond donors (Lipinski definition) is 3. The molecule has 0 spiro atoms. The summed E-state index contributed by atoms with van der Waals surface area (Å²) in [6.07, 6.45) is 0. The second-order valence-corrected chi connectivity index (χ2v) is 3.62. The summed E-state index contributed by atoms with van der Waals surface area (Å²) in [6, 6.07) is 5.28. The molecule has 0 aliphatic rings. The summed E-state index contributed by atoms with van der Waals surface area (Å²) in [5, 5.41) is 12.1. The summed E-state index contributed by atoms with van der Waals surface area (Å²) >= 11 is 0. The highest BCUT2D eigenvalue weighted by molar-refractivity contribution is 5.91. The number of carbonyl (C=O) groups excluding carboxylic acids is 1. The molecule has 0 saturated carbocycles. The summed E-state index contributed by atoms with van der Waals surface area (Å²) in [5.41, 5.74) is 2.62. The van der Waals surface area contributed by atoms with E-state index in [1.807, 2.05) is 32.0 Å². The van der Waals surface area contributed by atoms with Crippen molar-refractivity contribution in [2.24, 2.45) is 5.84 Å². The second-order valence-electron chi connectivity index (χ2n) is 3.62. The van der Waals surface area contributed by atoms with E-state index in [0.29, 0.717) is 5.69 Å². The minimum absolute atomic E-state index is 0.105. The lowest BCUT2D eigenvalue weighted by Gasteiger charge is -2.19. The van der Waals surface area contributed by atoms with Crippen molar-refractivity contribution in [3.8, 4) is 0 Å². The first-order valence-corrected chi connectivity index (χ1v) is 5.07. The second kappa shape index (κ2) is 5.48. The van der Waals surface area contributed by atoms with Gasteiger partial charge in [0.2, 0.25) is 0 Å². The van der Waals surface area contributed by atoms with E-state index in [1.54, 1.807) is 0 Å². The number of aryl methyl sites for hydroxylation is 2. The van der Waals surface area contributed by atoms with Crippen molar-refractivity contribution in [1.82, 2.24) is 5.32 Å². The normalized spacial score (nSPS) is 10.0. The van der Waals surface area contributed by atoms with Crippen LogP contribution in [-0.4, -0.2) is 24.3 Å². The van der Waals surface area contributed by atoms with Crippen molar-refractivity contribution in [3.63, 3.8) is 0 Å². The number of benzene rings is 1. The molecular weight excluding hydrogens is 206 g/mol. The SMILES string of the molecule is Cc1ccc(C)c(N(N)C(=O)NCCO)c1. The van der Waals surface area contributed by atoms with Gasteiger partial charge in [0.25, 0.3) is 0 Å². The number of carbonyl (C=O) groups is 1. The van der Waals surface area contributed by atoms with Gasteiger partial charge >= 0.3 is 6.03 Å². The molecular formula is C11H17N3O2. The first-order chi connectivity index (χ1) is 7.56. The maximum atomic E-state index is 11.5. The van der Waals surface area contributed by atoms with Gasteiger partial charge in [-0.1, -0.05) is 12.1 Å². The summed E-state index contributed by atoms with van der Waals surface area (Å²) in [5.74, 6) is 5.69. The number of nitrogens with zero attached hydrogens (tertiary/aromatic N) is 1. The van der Waals surface area contributed by atoms with E-state index in [1.165, 1.54) is 0 Å². The number of nitrogens with one attached hydrogen (secondary N) is 1. The van der Waals surface area contributed by atoms with Crippen molar-refractivity contribution >= 4 is 11.7 Å². The first kappa shape index (κ1) is 12.5. The largest absolute Gasteiger partial charge is 0.395 e. The standard InChI is InChI=1S/C11H17N3O2/c1-8-3-4-9(2)10(7-8)14(12)11(16)13-5-6-15/h3-4,7,15H,5-6,12H2,1-2H3,(H,13,16). The molecule has 0 atom stereocenters. The fourth-order valence-electron chi connectivity index (χ4n) is 1.34. The van der Waals surface area contributed by atoms with Crippen molar-refractivity contribution in [2.75, 3.05) is 18.2 Å². The van der Waals surface area contributed by atoms with Crippen LogP contribution in [0, 0.1) is 13.8 Å². The van der Waals surface area contributed by atoms with Crippen LogP contribution in [-0.2, 0) is 0 Å². The van der Waals surface area contributed by atoms with Gasteiger partial charge in [-0.15, -0.1) is 0 Å². The van der Waals surface area contributed by atoms with Gasteiger partial charge in [0.15, 0.2) is 0 Å². The average Bonchev–Trinajstić information content (AvgIpc) is 2.28. The molecule has 4 N–H and O–H groups in total. The number of rotatable bonds is 3. The third-order valence-corrected chi connectivity index (χ3v) is 2.23. The molecule has 2 amide bonds. The Morgan fingerprint density at radius 2 is 2.19 bits per heavy atom. The molecule has 0 aliphatic heterocycles. The third-order valence-electron chi connectivity index (χ3n) is 2.23. The first-order valence-electron chi connectivity index (χ1n) is 5.07. The molecule has 1 aromatic rings. The lowest BCUT2D eigenvalue weighted by atomic mass is 10.1. The van der Waals surface area contributed by atoms with Crippen LogP contribution in [0.5, 0.6) is 0 Å². The van der Waals surface area contributed by atoms with Crippen molar-refractivity contribution in [1.29, 1.82) is 0 Å². The Balaban J connectivity index is 2.82. The number of urea groups is 1. The Kier molecular flexibility index (Phi) is 4.28. The minimum Gasteiger partial charge on any atom is -0.395 e. The Labute approximate surface area is 94.8 Å². The fourth-order valence-corrected chi connectivity index (χ4v) is 1.34. The highest BCUT2D eigenvalue weighted by Gasteiger charge is 2.12. The molecule has 0 fully saturated rings. The number of aliphatic hydroxyl groups excluding tert-OH is 1. The average molecular weight is 223 g/mol. The summed E-state index contributed by atoms with van der Waals surface area (Å²) < 4.78 is 0. The summed E-state index contributed by atoms with van der Waals surface area (Å²) in [6.45, 7) is 3.90. The van der Waals surface area contributed by atoms with E-state index in [9.17, 15) is 4.79 Å². The van der Waals surface area contributed by atoms with E-state index in [0.717, 1.165) is 16.1 Å². The number of hydrogen-bond acceptors (Lipinski definition) is 3. The van der Waals surface area contributed by atoms with Crippen LogP contribution in [0.3, 0.4) is 0 Å². The zero-order valence-electron chi connectivity index (χ0n) is 9.53. The number of amides is 2. The molecule has 0 heterocycles. The van der Waals surface area contributed by atoms with Crippen LogP contribution >= 0.6 is 0 Å². The molecule has 16 heavy (non-hydrogen) atoms. The van der Waals surface area contributed by atoms with Gasteiger partial charge < -0.3 is 10.4 Å². The third kappa shape index (κ3) is 2.95. The van der Waals surface area contributed by atoms with Crippen molar-refractivity contribution in [2.45, 2.75) is 13.8 Å². The Bertz CT molecular complexity index is 379. The summed E-state index contributed by atoms with van der Waals surface area (Å²) in [7, 11) is 0. The zero-order chi connectivity index (χ0) is 12.1. The quantitative estimate of drug-likeness (QED) is 0.400. The maximum Gasteiger partial charge on any atom is 0.336 e. The van der Waals surface area contributed by atoms with Crippen LogP contribution in [0.1, 0.15) is 11.1 Å². The van der Waals surface area contributed by atoms with Gasteiger partial charge in [0.1, 0.15) is 0 Å². The molecule has 88 valence electrons. The van der Waals surface area contributed by atoms with Crippen LogP contribution in [0.2, 0.25) is 0 Å². The Morgan fingerprint density at radius 1 is 1.50 bits per heavy atom. The van der Waals surface area contributed by atoms with E-state index < -0.39 is 6.03 Å². The molecule has 5 heteroatoms. The molecule has 0 saturated heterocycles. The Morgan fingerprint density at radius 3 is 2.81 bits per heavy atom. The molecule has 1 aromatic carbocycles. The molecule has 5 nitrogen and oxygen atoms in total. The van der Waals surface area contributed by atoms with Gasteiger partial charge in [0, 0.05) is 6.54 Å². The van der Waals surface area contributed by atoms with Gasteiger partial charge in [-0.05, 0) is 31.0 Å². The number of anilines is 1. The molecule has 0 bridgehead atoms. The minimum atomic E-state index is -0.428. The van der Waals surface area contributed by atoms with Gasteiger partial charge in [0.05, 0.1) is 12.3 Å². The lowest BCUT2D eigenvalue weighted by molar-refractivity contribution is 0.239. The predicted molar refractivity (Wildman–Crippen MR) is 63.1 cm³/mol.